The van der Waals surface area contributed by atoms with Gasteiger partial charge in [0, 0.05) is 30.3 Å². The van der Waals surface area contributed by atoms with E-state index in [0.717, 1.165) is 56.2 Å². The normalized spacial score (nSPS) is 17.7. The fourth-order valence-corrected chi connectivity index (χ4v) is 5.71. The molecule has 0 atom stereocenters. The van der Waals surface area contributed by atoms with Crippen molar-refractivity contribution in [1.82, 2.24) is 9.91 Å². The van der Waals surface area contributed by atoms with Gasteiger partial charge < -0.3 is 15.0 Å². The minimum atomic E-state index is -0.524. The zero-order valence-electron chi connectivity index (χ0n) is 22.8. The van der Waals surface area contributed by atoms with Gasteiger partial charge in [0.1, 0.15) is 13.1 Å². The van der Waals surface area contributed by atoms with Crippen molar-refractivity contribution in [2.45, 2.75) is 44.9 Å². The molecule has 1 saturated carbocycles. The van der Waals surface area contributed by atoms with Crippen LogP contribution in [0.4, 0.5) is 16.2 Å². The second kappa shape index (κ2) is 12.3. The van der Waals surface area contributed by atoms with Gasteiger partial charge >= 0.3 is 12.0 Å². The Balaban J connectivity index is 1.45. The molecule has 1 saturated heterocycles. The number of para-hydroxylation sites is 1. The Morgan fingerprint density at radius 1 is 0.950 bits per heavy atom. The summed E-state index contributed by atoms with van der Waals surface area (Å²) in [6, 6.07) is 13.4. The second-order valence-corrected chi connectivity index (χ2v) is 10.5. The monoisotopic (exact) mass is 545 g/mol. The summed E-state index contributed by atoms with van der Waals surface area (Å²) in [6.45, 7) is 0.898. The number of urea groups is 1. The van der Waals surface area contributed by atoms with Crippen LogP contribution in [-0.2, 0) is 14.3 Å². The number of anilines is 2. The quantitative estimate of drug-likeness (QED) is 0.523. The first-order valence-corrected chi connectivity index (χ1v) is 14.0. The molecule has 2 fully saturated rings. The number of nitrogens with one attached hydrogen (secondary N) is 1. The number of likely N-dealkylation sites (tertiary alicyclic amines) is 1. The standard InChI is InChI=1S/C30H35N5O5/c1-40-29(38)22-12-9-13-23(18-22)31-26(36)19-35-30(39)34(20-27(37)33-16-7-8-17-33)25-15-6-5-14-24(25)28(32-35)21-10-3-2-4-11-21/h5-6,9,12-15,18,21H,2-4,7-8,10-11,16-17,19-20H2,1H3,(H,31,36). The SMILES string of the molecule is COC(=O)c1cccc(NC(=O)CN2N=C(C3CCCCC3)c3ccccc3N(CC(=O)N3CCCC3)C2=O)c1. The fraction of sp³-hybridized carbons (Fsp3) is 0.433. The molecule has 2 heterocycles. The largest absolute Gasteiger partial charge is 0.465 e. The van der Waals surface area contributed by atoms with Crippen LogP contribution >= 0.6 is 0 Å². The second-order valence-electron chi connectivity index (χ2n) is 10.5. The van der Waals surface area contributed by atoms with Crippen LogP contribution in [0.25, 0.3) is 0 Å². The van der Waals surface area contributed by atoms with E-state index in [0.29, 0.717) is 30.0 Å². The number of carbonyl (C=O) groups excluding carboxylic acids is 4. The van der Waals surface area contributed by atoms with E-state index in [4.69, 9.17) is 9.84 Å². The number of hydrogen-bond donors (Lipinski definition) is 1. The smallest absolute Gasteiger partial charge is 0.345 e. The van der Waals surface area contributed by atoms with Gasteiger partial charge in [-0.3, -0.25) is 14.5 Å². The Morgan fingerprint density at radius 3 is 2.45 bits per heavy atom. The Kier molecular flexibility index (Phi) is 8.42. The molecule has 0 bridgehead atoms. The molecule has 1 aliphatic carbocycles. The van der Waals surface area contributed by atoms with Crippen molar-refractivity contribution in [2.75, 3.05) is 43.5 Å². The molecular weight excluding hydrogens is 510 g/mol. The van der Waals surface area contributed by atoms with Crippen LogP contribution in [0.5, 0.6) is 0 Å². The third-order valence-corrected chi connectivity index (χ3v) is 7.76. The van der Waals surface area contributed by atoms with Crippen LogP contribution in [0.15, 0.2) is 53.6 Å². The van der Waals surface area contributed by atoms with Crippen LogP contribution in [0.1, 0.15) is 60.9 Å². The topological polar surface area (TPSA) is 112 Å². The molecule has 0 aromatic heterocycles. The summed E-state index contributed by atoms with van der Waals surface area (Å²) >= 11 is 0. The zero-order chi connectivity index (χ0) is 28.1. The van der Waals surface area contributed by atoms with Gasteiger partial charge in [-0.2, -0.15) is 5.10 Å². The van der Waals surface area contributed by atoms with Crippen LogP contribution in [-0.4, -0.2) is 72.7 Å². The number of carbonyl (C=O) groups is 4. The van der Waals surface area contributed by atoms with Crippen LogP contribution < -0.4 is 10.2 Å². The van der Waals surface area contributed by atoms with E-state index in [1.165, 1.54) is 23.1 Å². The minimum Gasteiger partial charge on any atom is -0.465 e. The van der Waals surface area contributed by atoms with Crippen molar-refractivity contribution < 1.29 is 23.9 Å². The van der Waals surface area contributed by atoms with E-state index in [1.807, 2.05) is 24.3 Å². The number of nitrogens with zero attached hydrogens (tertiary/aromatic N) is 4. The summed E-state index contributed by atoms with van der Waals surface area (Å²) in [5, 5.41) is 8.76. The predicted molar refractivity (Wildman–Crippen MR) is 151 cm³/mol. The van der Waals surface area contributed by atoms with Crippen molar-refractivity contribution in [2.24, 2.45) is 11.0 Å². The molecule has 2 aliphatic heterocycles. The average molecular weight is 546 g/mol. The highest BCUT2D eigenvalue weighted by molar-refractivity contribution is 6.13. The van der Waals surface area contributed by atoms with E-state index in [2.05, 4.69) is 5.32 Å². The first-order valence-electron chi connectivity index (χ1n) is 14.0. The lowest BCUT2D eigenvalue weighted by Gasteiger charge is -2.27. The molecule has 2 aromatic carbocycles. The van der Waals surface area contributed by atoms with Crippen molar-refractivity contribution in [3.05, 3.63) is 59.7 Å². The zero-order valence-corrected chi connectivity index (χ0v) is 22.8. The van der Waals surface area contributed by atoms with E-state index in [9.17, 15) is 19.2 Å². The molecule has 0 spiro atoms. The molecule has 40 heavy (non-hydrogen) atoms. The van der Waals surface area contributed by atoms with E-state index in [-0.39, 0.29) is 24.9 Å². The lowest BCUT2D eigenvalue weighted by atomic mass is 9.83. The third kappa shape index (κ3) is 6.00. The van der Waals surface area contributed by atoms with Crippen molar-refractivity contribution in [1.29, 1.82) is 0 Å². The van der Waals surface area contributed by atoms with Crippen LogP contribution in [0, 0.1) is 5.92 Å². The molecule has 3 aliphatic rings. The molecule has 1 N–H and O–H groups in total. The molecular formula is C30H35N5O5. The number of ether oxygens (including phenoxy) is 1. The molecule has 10 heteroatoms. The van der Waals surface area contributed by atoms with Gasteiger partial charge in [0.05, 0.1) is 24.1 Å². The molecule has 210 valence electrons. The lowest BCUT2D eigenvalue weighted by Crippen LogP contribution is -2.48. The minimum absolute atomic E-state index is 0.120. The Bertz CT molecular complexity index is 1310. The molecule has 10 nitrogen and oxygen atoms in total. The highest BCUT2D eigenvalue weighted by Crippen LogP contribution is 2.34. The molecule has 5 rings (SSSR count). The summed E-state index contributed by atoms with van der Waals surface area (Å²) in [4.78, 5) is 55.6. The van der Waals surface area contributed by atoms with Gasteiger partial charge in [0.2, 0.25) is 11.8 Å². The first kappa shape index (κ1) is 27.4. The molecule has 4 amide bonds. The Morgan fingerprint density at radius 2 is 1.70 bits per heavy atom. The number of hydrogen-bond acceptors (Lipinski definition) is 6. The van der Waals surface area contributed by atoms with Gasteiger partial charge in [0.25, 0.3) is 0 Å². The predicted octanol–water partition coefficient (Wildman–Crippen LogP) is 4.26. The summed E-state index contributed by atoms with van der Waals surface area (Å²) < 4.78 is 4.77. The maximum absolute atomic E-state index is 14.0. The van der Waals surface area contributed by atoms with E-state index < -0.39 is 17.9 Å². The fourth-order valence-electron chi connectivity index (χ4n) is 5.71. The number of fused-ring (bicyclic) bond motifs is 1. The number of rotatable bonds is 7. The average Bonchev–Trinajstić information content (AvgIpc) is 3.50. The number of benzene rings is 2. The van der Waals surface area contributed by atoms with Crippen LogP contribution in [0.3, 0.4) is 0 Å². The molecule has 0 unspecified atom stereocenters. The molecule has 0 radical (unpaired) electrons. The third-order valence-electron chi connectivity index (χ3n) is 7.76. The first-order chi connectivity index (χ1) is 19.4. The van der Waals surface area contributed by atoms with E-state index >= 15 is 0 Å². The maximum Gasteiger partial charge on any atom is 0.345 e. The van der Waals surface area contributed by atoms with Gasteiger partial charge in [-0.15, -0.1) is 0 Å². The van der Waals surface area contributed by atoms with Gasteiger partial charge in [-0.05, 0) is 49.9 Å². The number of hydrazone groups is 1. The summed E-state index contributed by atoms with van der Waals surface area (Å²) in [6.07, 6.45) is 7.13. The van der Waals surface area contributed by atoms with Crippen molar-refractivity contribution in [3.63, 3.8) is 0 Å². The maximum atomic E-state index is 14.0. The summed E-state index contributed by atoms with van der Waals surface area (Å²) in [5.74, 6) is -0.958. The van der Waals surface area contributed by atoms with Crippen molar-refractivity contribution >= 4 is 40.9 Å². The van der Waals surface area contributed by atoms with Gasteiger partial charge in [-0.1, -0.05) is 43.5 Å². The van der Waals surface area contributed by atoms with E-state index in [1.54, 1.807) is 23.1 Å². The lowest BCUT2D eigenvalue weighted by molar-refractivity contribution is -0.128. The number of esters is 1. The highest BCUT2D eigenvalue weighted by atomic mass is 16.5. The van der Waals surface area contributed by atoms with Crippen molar-refractivity contribution in [3.8, 4) is 0 Å². The number of amides is 4. The molecule has 2 aromatic rings. The summed E-state index contributed by atoms with van der Waals surface area (Å²) in [7, 11) is 1.29. The Hall–Kier alpha value is -4.21. The summed E-state index contributed by atoms with van der Waals surface area (Å²) in [5.41, 5.74) is 2.94. The van der Waals surface area contributed by atoms with Gasteiger partial charge in [0.15, 0.2) is 0 Å². The van der Waals surface area contributed by atoms with Gasteiger partial charge in [-0.25, -0.2) is 14.6 Å². The van der Waals surface area contributed by atoms with Crippen LogP contribution in [0.2, 0.25) is 0 Å². The number of methoxy groups -OCH3 is 1. The highest BCUT2D eigenvalue weighted by Gasteiger charge is 2.35. The Labute approximate surface area is 233 Å².